The SMILES string of the molecule is CN(C)C.CSN1CCC2(CCN(c3cc(C(F)F)cc4cnc(NC5CC5)nc34)C2)C1. The van der Waals surface area contributed by atoms with Crippen molar-refractivity contribution in [2.24, 2.45) is 5.41 Å². The van der Waals surface area contributed by atoms with Crippen molar-refractivity contribution in [3.63, 3.8) is 0 Å². The fourth-order valence-corrected chi connectivity index (χ4v) is 5.20. The summed E-state index contributed by atoms with van der Waals surface area (Å²) in [7, 11) is 6.00. The minimum Gasteiger partial charge on any atom is -0.369 e. The van der Waals surface area contributed by atoms with Crippen LogP contribution in [0.25, 0.3) is 10.9 Å². The van der Waals surface area contributed by atoms with E-state index in [1.165, 1.54) is 12.5 Å². The van der Waals surface area contributed by atoms with E-state index in [1.807, 2.05) is 26.0 Å². The van der Waals surface area contributed by atoms with Crippen molar-refractivity contribution in [3.8, 4) is 0 Å². The van der Waals surface area contributed by atoms with E-state index in [0.717, 1.165) is 56.6 Å². The van der Waals surface area contributed by atoms with Gasteiger partial charge in [0.05, 0.1) is 11.2 Å². The first-order chi connectivity index (χ1) is 15.3. The van der Waals surface area contributed by atoms with Crippen molar-refractivity contribution in [2.45, 2.75) is 38.2 Å². The molecule has 2 saturated heterocycles. The molecule has 1 unspecified atom stereocenters. The van der Waals surface area contributed by atoms with E-state index < -0.39 is 6.43 Å². The second kappa shape index (κ2) is 9.65. The maximum atomic E-state index is 13.5. The number of hydrogen-bond acceptors (Lipinski definition) is 7. The Morgan fingerprint density at radius 1 is 1.16 bits per heavy atom. The molecule has 3 aliphatic rings. The molecule has 3 heterocycles. The van der Waals surface area contributed by atoms with E-state index in [-0.39, 0.29) is 11.0 Å². The number of rotatable bonds is 5. The van der Waals surface area contributed by atoms with Crippen LogP contribution < -0.4 is 10.2 Å². The number of nitrogens with one attached hydrogen (secondary N) is 1. The van der Waals surface area contributed by atoms with E-state index in [1.54, 1.807) is 24.2 Å². The molecule has 1 aromatic heterocycles. The lowest BCUT2D eigenvalue weighted by atomic mass is 9.86. The standard InChI is InChI=1S/C20H25F2N5S.C3H9N/c1-28-27-7-5-20(12-27)4-6-26(11-20)16-9-13(18(21)22)8-14-10-23-19(25-17(14)16)24-15-2-3-15;1-4(2)3/h8-10,15,18H,2-7,11-12H2,1H3,(H,23,24,25);1-3H3. The molecule has 32 heavy (non-hydrogen) atoms. The first kappa shape index (κ1) is 23.4. The first-order valence-electron chi connectivity index (χ1n) is 11.3. The van der Waals surface area contributed by atoms with Crippen molar-refractivity contribution >= 4 is 34.5 Å². The smallest absolute Gasteiger partial charge is 0.263 e. The van der Waals surface area contributed by atoms with Gasteiger partial charge in [0.1, 0.15) is 0 Å². The molecule has 1 N–H and O–H groups in total. The van der Waals surface area contributed by atoms with Crippen molar-refractivity contribution in [2.75, 3.05) is 63.8 Å². The molecule has 0 amide bonds. The minimum atomic E-state index is -2.50. The fourth-order valence-electron chi connectivity index (χ4n) is 4.52. The normalized spacial score (nSPS) is 23.4. The second-order valence-corrected chi connectivity index (χ2v) is 10.6. The molecule has 0 bridgehead atoms. The van der Waals surface area contributed by atoms with Gasteiger partial charge >= 0.3 is 0 Å². The summed E-state index contributed by atoms with van der Waals surface area (Å²) in [5, 5.41) is 4.01. The van der Waals surface area contributed by atoms with E-state index in [4.69, 9.17) is 4.98 Å². The van der Waals surface area contributed by atoms with E-state index in [9.17, 15) is 8.78 Å². The minimum absolute atomic E-state index is 0.0483. The largest absolute Gasteiger partial charge is 0.369 e. The van der Waals surface area contributed by atoms with Gasteiger partial charge < -0.3 is 15.1 Å². The fraction of sp³-hybridized carbons (Fsp3) is 0.652. The van der Waals surface area contributed by atoms with Crippen LogP contribution in [0.4, 0.5) is 20.4 Å². The third-order valence-corrected chi connectivity index (χ3v) is 7.12. The van der Waals surface area contributed by atoms with Crippen LogP contribution in [-0.2, 0) is 0 Å². The highest BCUT2D eigenvalue weighted by atomic mass is 32.2. The van der Waals surface area contributed by atoms with E-state index >= 15 is 0 Å². The van der Waals surface area contributed by atoms with Crippen molar-refractivity contribution < 1.29 is 8.78 Å². The van der Waals surface area contributed by atoms with Gasteiger partial charge in [-0.05, 0) is 65.2 Å². The molecular formula is C23H34F2N6S. The molecule has 1 atom stereocenters. The molecule has 5 rings (SSSR count). The van der Waals surface area contributed by atoms with Gasteiger partial charge in [-0.1, -0.05) is 11.9 Å². The highest BCUT2D eigenvalue weighted by Gasteiger charge is 2.44. The Balaban J connectivity index is 0.000000567. The van der Waals surface area contributed by atoms with Crippen LogP contribution in [0.2, 0.25) is 0 Å². The lowest BCUT2D eigenvalue weighted by molar-refractivity contribution is 0.151. The van der Waals surface area contributed by atoms with Crippen LogP contribution in [0.3, 0.4) is 0 Å². The van der Waals surface area contributed by atoms with Crippen molar-refractivity contribution in [1.82, 2.24) is 19.2 Å². The predicted molar refractivity (Wildman–Crippen MR) is 130 cm³/mol. The van der Waals surface area contributed by atoms with Crippen LogP contribution in [0.15, 0.2) is 18.3 Å². The summed E-state index contributed by atoms with van der Waals surface area (Å²) < 4.78 is 29.5. The van der Waals surface area contributed by atoms with Gasteiger partial charge in [0, 0.05) is 54.8 Å². The van der Waals surface area contributed by atoms with Crippen molar-refractivity contribution in [1.29, 1.82) is 0 Å². The summed E-state index contributed by atoms with van der Waals surface area (Å²) >= 11 is 1.80. The Morgan fingerprint density at radius 2 is 1.88 bits per heavy atom. The number of fused-ring (bicyclic) bond motifs is 1. The molecule has 3 fully saturated rings. The quantitative estimate of drug-likeness (QED) is 0.654. The summed E-state index contributed by atoms with van der Waals surface area (Å²) in [6.07, 6.45) is 5.85. The topological polar surface area (TPSA) is 47.5 Å². The van der Waals surface area contributed by atoms with E-state index in [2.05, 4.69) is 25.8 Å². The molecule has 0 radical (unpaired) electrons. The van der Waals surface area contributed by atoms with Crippen molar-refractivity contribution in [3.05, 3.63) is 23.9 Å². The Bertz CT molecular complexity index is 935. The van der Waals surface area contributed by atoms with Gasteiger partial charge in [0.2, 0.25) is 5.95 Å². The maximum absolute atomic E-state index is 13.5. The van der Waals surface area contributed by atoms with Gasteiger partial charge in [-0.3, -0.25) is 4.31 Å². The highest BCUT2D eigenvalue weighted by molar-refractivity contribution is 7.96. The van der Waals surface area contributed by atoms with Gasteiger partial charge in [-0.25, -0.2) is 18.7 Å². The molecule has 6 nitrogen and oxygen atoms in total. The third-order valence-electron chi connectivity index (χ3n) is 6.29. The first-order valence-corrected chi connectivity index (χ1v) is 12.5. The van der Waals surface area contributed by atoms with Crippen LogP contribution in [0, 0.1) is 5.41 Å². The van der Waals surface area contributed by atoms with Crippen LogP contribution in [0.5, 0.6) is 0 Å². The Hall–Kier alpha value is -1.71. The summed E-state index contributed by atoms with van der Waals surface area (Å²) in [5.74, 6) is 0.601. The number of nitrogens with zero attached hydrogens (tertiary/aromatic N) is 5. The number of halogens is 2. The van der Waals surface area contributed by atoms with Gasteiger partial charge in [-0.2, -0.15) is 0 Å². The zero-order valence-corrected chi connectivity index (χ0v) is 20.3. The second-order valence-electron chi connectivity index (χ2n) is 9.70. The predicted octanol–water partition coefficient (Wildman–Crippen LogP) is 4.50. The Kier molecular flexibility index (Phi) is 7.07. The molecule has 1 saturated carbocycles. The Morgan fingerprint density at radius 3 is 2.50 bits per heavy atom. The summed E-state index contributed by atoms with van der Waals surface area (Å²) in [5.41, 5.74) is 1.91. The van der Waals surface area contributed by atoms with E-state index in [0.29, 0.717) is 17.4 Å². The molecule has 1 spiro atoms. The molecular weight excluding hydrogens is 430 g/mol. The number of alkyl halides is 2. The summed E-state index contributed by atoms with van der Waals surface area (Å²) in [6, 6.07) is 3.62. The van der Waals surface area contributed by atoms with Crippen LogP contribution in [-0.4, -0.2) is 78.8 Å². The van der Waals surface area contributed by atoms with Crippen LogP contribution >= 0.6 is 11.9 Å². The number of benzene rings is 1. The number of aromatic nitrogens is 2. The lowest BCUT2D eigenvalue weighted by Gasteiger charge is -2.26. The Labute approximate surface area is 193 Å². The molecule has 1 aliphatic carbocycles. The molecule has 176 valence electrons. The maximum Gasteiger partial charge on any atom is 0.263 e. The molecule has 1 aromatic carbocycles. The average Bonchev–Trinajstić information content (AvgIpc) is 3.32. The monoisotopic (exact) mass is 464 g/mol. The van der Waals surface area contributed by atoms with Crippen LogP contribution in [0.1, 0.15) is 37.7 Å². The molecule has 2 aliphatic heterocycles. The zero-order chi connectivity index (χ0) is 22.9. The highest BCUT2D eigenvalue weighted by Crippen LogP contribution is 2.44. The zero-order valence-electron chi connectivity index (χ0n) is 19.4. The summed E-state index contributed by atoms with van der Waals surface area (Å²) in [6.45, 7) is 3.96. The molecule has 2 aromatic rings. The molecule has 9 heteroatoms. The number of anilines is 2. The van der Waals surface area contributed by atoms with Gasteiger partial charge in [0.15, 0.2) is 0 Å². The average molecular weight is 465 g/mol. The van der Waals surface area contributed by atoms with Gasteiger partial charge in [0.25, 0.3) is 6.43 Å². The third kappa shape index (κ3) is 5.43. The van der Waals surface area contributed by atoms with Gasteiger partial charge in [-0.15, -0.1) is 0 Å². The lowest BCUT2D eigenvalue weighted by Crippen LogP contribution is -2.29. The summed E-state index contributed by atoms with van der Waals surface area (Å²) in [4.78, 5) is 13.3. The number of hydrogen-bond donors (Lipinski definition) is 1.